The molecular weight excluding hydrogens is 276 g/mol. The number of hydrogen-bond acceptors (Lipinski definition) is 2. The van der Waals surface area contributed by atoms with Crippen LogP contribution < -0.4 is 10.2 Å². The number of hydrogen-bond donors (Lipinski definition) is 1. The van der Waals surface area contributed by atoms with Crippen molar-refractivity contribution < 1.29 is 9.59 Å². The van der Waals surface area contributed by atoms with E-state index in [-0.39, 0.29) is 24.2 Å². The summed E-state index contributed by atoms with van der Waals surface area (Å²) in [5.41, 5.74) is 2.76. The molecule has 0 radical (unpaired) electrons. The molecule has 112 valence electrons. The van der Waals surface area contributed by atoms with E-state index >= 15 is 0 Å². The molecule has 1 aliphatic heterocycles. The van der Waals surface area contributed by atoms with Crippen LogP contribution in [-0.2, 0) is 9.59 Å². The van der Waals surface area contributed by atoms with Gasteiger partial charge in [-0.05, 0) is 31.2 Å². The summed E-state index contributed by atoms with van der Waals surface area (Å²) in [6.45, 7) is 2.44. The van der Waals surface area contributed by atoms with E-state index in [9.17, 15) is 9.59 Å². The molecule has 1 N–H and O–H groups in total. The number of amides is 2. The van der Waals surface area contributed by atoms with Gasteiger partial charge in [-0.1, -0.05) is 35.9 Å². The summed E-state index contributed by atoms with van der Waals surface area (Å²) in [6.07, 6.45) is 0.256. The second-order valence-corrected chi connectivity index (χ2v) is 5.60. The molecule has 1 heterocycles. The van der Waals surface area contributed by atoms with Crippen LogP contribution in [0.25, 0.3) is 0 Å². The Kier molecular flexibility index (Phi) is 3.92. The van der Waals surface area contributed by atoms with E-state index in [1.165, 1.54) is 0 Å². The first-order valence-corrected chi connectivity index (χ1v) is 7.36. The van der Waals surface area contributed by atoms with Gasteiger partial charge in [-0.25, -0.2) is 0 Å². The topological polar surface area (TPSA) is 49.4 Å². The maximum absolute atomic E-state index is 12.3. The third-order valence-corrected chi connectivity index (χ3v) is 3.88. The predicted molar refractivity (Wildman–Crippen MR) is 86.7 cm³/mol. The highest BCUT2D eigenvalue weighted by Crippen LogP contribution is 2.26. The van der Waals surface area contributed by atoms with Crippen molar-refractivity contribution in [3.05, 3.63) is 60.2 Å². The quantitative estimate of drug-likeness (QED) is 0.946. The Morgan fingerprint density at radius 2 is 1.77 bits per heavy atom. The lowest BCUT2D eigenvalue weighted by atomic mass is 10.1. The van der Waals surface area contributed by atoms with Crippen molar-refractivity contribution in [2.75, 3.05) is 16.8 Å². The van der Waals surface area contributed by atoms with Crippen molar-refractivity contribution in [1.29, 1.82) is 0 Å². The Bertz CT molecular complexity index is 680. The Balaban J connectivity index is 1.69. The van der Waals surface area contributed by atoms with Crippen LogP contribution in [0.2, 0.25) is 0 Å². The SMILES string of the molecule is Cc1ccc(N2C[C@@H](C(=O)Nc3ccccc3)CC2=O)cc1. The van der Waals surface area contributed by atoms with Crippen LogP contribution in [0.1, 0.15) is 12.0 Å². The van der Waals surface area contributed by atoms with E-state index in [0.29, 0.717) is 6.54 Å². The van der Waals surface area contributed by atoms with E-state index in [1.54, 1.807) is 4.90 Å². The normalized spacial score (nSPS) is 17.6. The smallest absolute Gasteiger partial charge is 0.229 e. The number of para-hydroxylation sites is 1. The number of anilines is 2. The third-order valence-electron chi connectivity index (χ3n) is 3.88. The molecule has 2 aromatic carbocycles. The highest BCUT2D eigenvalue weighted by Gasteiger charge is 2.35. The van der Waals surface area contributed by atoms with Gasteiger partial charge < -0.3 is 10.2 Å². The molecule has 4 nitrogen and oxygen atoms in total. The molecule has 1 fully saturated rings. The van der Waals surface area contributed by atoms with Gasteiger partial charge in [0.05, 0.1) is 5.92 Å². The van der Waals surface area contributed by atoms with Crippen LogP contribution in [0.3, 0.4) is 0 Å². The molecule has 0 bridgehead atoms. The molecule has 22 heavy (non-hydrogen) atoms. The average molecular weight is 294 g/mol. The van der Waals surface area contributed by atoms with Gasteiger partial charge >= 0.3 is 0 Å². The lowest BCUT2D eigenvalue weighted by molar-refractivity contribution is -0.122. The first-order valence-electron chi connectivity index (χ1n) is 7.36. The molecule has 2 aromatic rings. The fourth-order valence-corrected chi connectivity index (χ4v) is 2.62. The minimum atomic E-state index is -0.311. The fourth-order valence-electron chi connectivity index (χ4n) is 2.62. The molecule has 1 aliphatic rings. The number of aryl methyl sites for hydroxylation is 1. The summed E-state index contributed by atoms with van der Waals surface area (Å²) in [6, 6.07) is 17.1. The summed E-state index contributed by atoms with van der Waals surface area (Å²) in [7, 11) is 0. The van der Waals surface area contributed by atoms with Crippen LogP contribution in [0.4, 0.5) is 11.4 Å². The predicted octanol–water partition coefficient (Wildman–Crippen LogP) is 2.99. The van der Waals surface area contributed by atoms with Gasteiger partial charge in [0, 0.05) is 24.3 Å². The van der Waals surface area contributed by atoms with E-state index in [4.69, 9.17) is 0 Å². The third kappa shape index (κ3) is 3.01. The number of carbonyl (C=O) groups is 2. The number of rotatable bonds is 3. The van der Waals surface area contributed by atoms with Crippen LogP contribution in [-0.4, -0.2) is 18.4 Å². The average Bonchev–Trinajstić information content (AvgIpc) is 2.91. The van der Waals surface area contributed by atoms with E-state index < -0.39 is 0 Å². The van der Waals surface area contributed by atoms with Gasteiger partial charge in [-0.3, -0.25) is 9.59 Å². The van der Waals surface area contributed by atoms with Crippen molar-refractivity contribution in [1.82, 2.24) is 0 Å². The maximum atomic E-state index is 12.3. The molecule has 1 saturated heterocycles. The summed E-state index contributed by atoms with van der Waals surface area (Å²) in [5, 5.41) is 2.87. The minimum Gasteiger partial charge on any atom is -0.326 e. The first kappa shape index (κ1) is 14.3. The van der Waals surface area contributed by atoms with Crippen molar-refractivity contribution in [2.24, 2.45) is 5.92 Å². The van der Waals surface area contributed by atoms with Crippen LogP contribution >= 0.6 is 0 Å². The van der Waals surface area contributed by atoms with Crippen LogP contribution in [0.15, 0.2) is 54.6 Å². The lowest BCUT2D eigenvalue weighted by Gasteiger charge is -2.17. The molecular formula is C18H18N2O2. The van der Waals surface area contributed by atoms with Gasteiger partial charge in [0.25, 0.3) is 0 Å². The van der Waals surface area contributed by atoms with Gasteiger partial charge in [0.15, 0.2) is 0 Å². The van der Waals surface area contributed by atoms with E-state index in [0.717, 1.165) is 16.9 Å². The van der Waals surface area contributed by atoms with Crippen molar-refractivity contribution in [2.45, 2.75) is 13.3 Å². The molecule has 0 aliphatic carbocycles. The highest BCUT2D eigenvalue weighted by atomic mass is 16.2. The monoisotopic (exact) mass is 294 g/mol. The summed E-state index contributed by atoms with van der Waals surface area (Å²) < 4.78 is 0. The van der Waals surface area contributed by atoms with Gasteiger partial charge in [-0.15, -0.1) is 0 Å². The lowest BCUT2D eigenvalue weighted by Crippen LogP contribution is -2.28. The Morgan fingerprint density at radius 3 is 2.45 bits per heavy atom. The molecule has 4 heteroatoms. The van der Waals surface area contributed by atoms with Crippen molar-refractivity contribution in [3.63, 3.8) is 0 Å². The van der Waals surface area contributed by atoms with Gasteiger partial charge in [-0.2, -0.15) is 0 Å². The number of nitrogens with zero attached hydrogens (tertiary/aromatic N) is 1. The zero-order valence-electron chi connectivity index (χ0n) is 12.5. The molecule has 0 unspecified atom stereocenters. The van der Waals surface area contributed by atoms with Crippen LogP contribution in [0, 0.1) is 12.8 Å². The fraction of sp³-hybridized carbons (Fsp3) is 0.222. The van der Waals surface area contributed by atoms with E-state index in [2.05, 4.69) is 5.32 Å². The minimum absolute atomic E-state index is 0.00272. The molecule has 3 rings (SSSR count). The van der Waals surface area contributed by atoms with Gasteiger partial charge in [0.1, 0.15) is 0 Å². The van der Waals surface area contributed by atoms with Crippen molar-refractivity contribution in [3.8, 4) is 0 Å². The highest BCUT2D eigenvalue weighted by molar-refractivity contribution is 6.03. The Hall–Kier alpha value is -2.62. The summed E-state index contributed by atoms with van der Waals surface area (Å²) in [5.74, 6) is -0.416. The van der Waals surface area contributed by atoms with Crippen molar-refractivity contribution >= 4 is 23.2 Å². The molecule has 2 amide bonds. The second kappa shape index (κ2) is 6.02. The standard InChI is InChI=1S/C18H18N2O2/c1-13-7-9-16(10-8-13)20-12-14(11-17(20)21)18(22)19-15-5-3-2-4-6-15/h2-10,14H,11-12H2,1H3,(H,19,22)/t14-/m0/s1. The second-order valence-electron chi connectivity index (χ2n) is 5.60. The van der Waals surface area contributed by atoms with Crippen LogP contribution in [0.5, 0.6) is 0 Å². The maximum Gasteiger partial charge on any atom is 0.229 e. The van der Waals surface area contributed by atoms with Gasteiger partial charge in [0.2, 0.25) is 11.8 Å². The zero-order chi connectivity index (χ0) is 15.5. The zero-order valence-corrected chi connectivity index (χ0v) is 12.5. The molecule has 0 saturated carbocycles. The number of nitrogens with one attached hydrogen (secondary N) is 1. The molecule has 0 spiro atoms. The largest absolute Gasteiger partial charge is 0.326 e. The molecule has 0 aromatic heterocycles. The summed E-state index contributed by atoms with van der Waals surface area (Å²) in [4.78, 5) is 26.2. The number of benzene rings is 2. The Morgan fingerprint density at radius 1 is 1.09 bits per heavy atom. The summed E-state index contributed by atoms with van der Waals surface area (Å²) >= 11 is 0. The van der Waals surface area contributed by atoms with E-state index in [1.807, 2.05) is 61.5 Å². The molecule has 1 atom stereocenters. The Labute approximate surface area is 129 Å². The number of carbonyl (C=O) groups excluding carboxylic acids is 2. The first-order chi connectivity index (χ1) is 10.6.